The summed E-state index contributed by atoms with van der Waals surface area (Å²) in [6, 6.07) is 4.00. The van der Waals surface area contributed by atoms with Gasteiger partial charge in [-0.2, -0.15) is 0 Å². The lowest BCUT2D eigenvalue weighted by Crippen LogP contribution is -2.22. The first-order chi connectivity index (χ1) is 9.20. The molecule has 0 aliphatic heterocycles. The molecule has 1 aromatic rings. The molecule has 2 aliphatic carbocycles. The molecule has 2 N–H and O–H groups in total. The molecule has 0 radical (unpaired) electrons. The summed E-state index contributed by atoms with van der Waals surface area (Å²) in [5.74, 6) is 2.44. The van der Waals surface area contributed by atoms with Crippen molar-refractivity contribution >= 4 is 15.9 Å². The number of methoxy groups -OCH3 is 1. The van der Waals surface area contributed by atoms with Crippen LogP contribution in [0.1, 0.15) is 31.2 Å². The fourth-order valence-corrected chi connectivity index (χ4v) is 3.26. The number of hydrogen-bond acceptors (Lipinski definition) is 3. The Bertz CT molecular complexity index is 481. The second kappa shape index (κ2) is 4.98. The smallest absolute Gasteiger partial charge is 0.166 e. The van der Waals surface area contributed by atoms with Crippen LogP contribution in [-0.4, -0.2) is 20.3 Å². The van der Waals surface area contributed by atoms with E-state index in [2.05, 4.69) is 15.9 Å². The van der Waals surface area contributed by atoms with E-state index in [0.717, 1.165) is 41.3 Å². The van der Waals surface area contributed by atoms with E-state index >= 15 is 0 Å². The van der Waals surface area contributed by atoms with Crippen LogP contribution in [-0.2, 0) is 5.41 Å². The summed E-state index contributed by atoms with van der Waals surface area (Å²) >= 11 is 3.66. The monoisotopic (exact) mass is 325 g/mol. The molecule has 1 aromatic carbocycles. The van der Waals surface area contributed by atoms with Crippen LogP contribution in [0.5, 0.6) is 11.5 Å². The molecule has 0 aromatic heterocycles. The molecule has 0 heterocycles. The lowest BCUT2D eigenvalue weighted by Gasteiger charge is -2.22. The second-order valence-electron chi connectivity index (χ2n) is 5.69. The lowest BCUT2D eigenvalue weighted by atomic mass is 9.94. The Hall–Kier alpha value is -0.740. The molecule has 2 fully saturated rings. The molecule has 2 saturated carbocycles. The summed E-state index contributed by atoms with van der Waals surface area (Å²) in [5, 5.41) is 0. The average molecular weight is 326 g/mol. The zero-order chi connectivity index (χ0) is 13.5. The van der Waals surface area contributed by atoms with Crippen LogP contribution in [0.4, 0.5) is 0 Å². The standard InChI is InChI=1S/C15H20BrNO2/c1-18-12-5-4-11(16)13(15(9-17)6-7-15)14(12)19-8-10-2-3-10/h4-5,10H,2-3,6-9,17H2,1H3. The number of halogens is 1. The predicted octanol–water partition coefficient (Wildman–Crippen LogP) is 3.24. The number of ether oxygens (including phenoxy) is 2. The summed E-state index contributed by atoms with van der Waals surface area (Å²) in [5.41, 5.74) is 7.27. The summed E-state index contributed by atoms with van der Waals surface area (Å²) in [7, 11) is 1.69. The van der Waals surface area contributed by atoms with Gasteiger partial charge in [-0.3, -0.25) is 0 Å². The Morgan fingerprint density at radius 2 is 2.11 bits per heavy atom. The number of benzene rings is 1. The minimum Gasteiger partial charge on any atom is -0.493 e. The van der Waals surface area contributed by atoms with Crippen LogP contribution in [0, 0.1) is 5.92 Å². The third-order valence-corrected chi connectivity index (χ3v) is 4.89. The Morgan fingerprint density at radius 3 is 2.63 bits per heavy atom. The molecule has 0 unspecified atom stereocenters. The molecule has 0 atom stereocenters. The zero-order valence-corrected chi connectivity index (χ0v) is 12.8. The molecular weight excluding hydrogens is 306 g/mol. The minimum atomic E-state index is 0.0895. The Morgan fingerprint density at radius 1 is 1.37 bits per heavy atom. The molecule has 4 heteroatoms. The van der Waals surface area contributed by atoms with Gasteiger partial charge in [-0.25, -0.2) is 0 Å². The van der Waals surface area contributed by atoms with Crippen molar-refractivity contribution in [1.29, 1.82) is 0 Å². The summed E-state index contributed by atoms with van der Waals surface area (Å²) in [4.78, 5) is 0. The fourth-order valence-electron chi connectivity index (χ4n) is 2.53. The topological polar surface area (TPSA) is 44.5 Å². The molecule has 3 nitrogen and oxygen atoms in total. The quantitative estimate of drug-likeness (QED) is 0.873. The normalized spacial score (nSPS) is 20.2. The molecule has 0 saturated heterocycles. The molecular formula is C15H20BrNO2. The third kappa shape index (κ3) is 2.48. The van der Waals surface area contributed by atoms with Crippen LogP contribution in [0.25, 0.3) is 0 Å². The number of rotatable bonds is 6. The van der Waals surface area contributed by atoms with Crippen LogP contribution in [0.15, 0.2) is 16.6 Å². The van der Waals surface area contributed by atoms with E-state index in [1.165, 1.54) is 18.4 Å². The van der Waals surface area contributed by atoms with Crippen molar-refractivity contribution in [2.75, 3.05) is 20.3 Å². The molecule has 0 spiro atoms. The van der Waals surface area contributed by atoms with E-state index in [1.807, 2.05) is 12.1 Å². The average Bonchev–Trinajstić information content (AvgIpc) is 3.31. The molecule has 0 bridgehead atoms. The maximum Gasteiger partial charge on any atom is 0.166 e. The molecule has 0 amide bonds. The zero-order valence-electron chi connectivity index (χ0n) is 11.2. The van der Waals surface area contributed by atoms with Gasteiger partial charge in [0.15, 0.2) is 11.5 Å². The van der Waals surface area contributed by atoms with Gasteiger partial charge < -0.3 is 15.2 Å². The fraction of sp³-hybridized carbons (Fsp3) is 0.600. The predicted molar refractivity (Wildman–Crippen MR) is 78.9 cm³/mol. The van der Waals surface area contributed by atoms with Gasteiger partial charge in [-0.1, -0.05) is 15.9 Å². The van der Waals surface area contributed by atoms with Crippen molar-refractivity contribution < 1.29 is 9.47 Å². The van der Waals surface area contributed by atoms with Crippen molar-refractivity contribution in [1.82, 2.24) is 0 Å². The van der Waals surface area contributed by atoms with Crippen molar-refractivity contribution in [3.8, 4) is 11.5 Å². The van der Waals surface area contributed by atoms with Crippen molar-refractivity contribution in [3.05, 3.63) is 22.2 Å². The van der Waals surface area contributed by atoms with Crippen LogP contribution in [0.2, 0.25) is 0 Å². The van der Waals surface area contributed by atoms with Gasteiger partial charge in [-0.15, -0.1) is 0 Å². The largest absolute Gasteiger partial charge is 0.493 e. The van der Waals surface area contributed by atoms with Gasteiger partial charge in [0.05, 0.1) is 13.7 Å². The van der Waals surface area contributed by atoms with Gasteiger partial charge in [0.1, 0.15) is 0 Å². The van der Waals surface area contributed by atoms with Gasteiger partial charge in [0, 0.05) is 22.0 Å². The molecule has 2 aliphatic rings. The lowest BCUT2D eigenvalue weighted by molar-refractivity contribution is 0.275. The maximum absolute atomic E-state index is 6.08. The van der Waals surface area contributed by atoms with Crippen molar-refractivity contribution in [3.63, 3.8) is 0 Å². The van der Waals surface area contributed by atoms with E-state index in [9.17, 15) is 0 Å². The van der Waals surface area contributed by atoms with E-state index in [1.54, 1.807) is 7.11 Å². The van der Waals surface area contributed by atoms with Crippen LogP contribution < -0.4 is 15.2 Å². The first-order valence-corrected chi connectivity index (χ1v) is 7.69. The first kappa shape index (κ1) is 13.3. The van der Waals surface area contributed by atoms with Crippen LogP contribution >= 0.6 is 15.9 Å². The number of hydrogen-bond donors (Lipinski definition) is 1. The maximum atomic E-state index is 6.08. The molecule has 19 heavy (non-hydrogen) atoms. The Labute approximate surface area is 122 Å². The Kier molecular flexibility index (Phi) is 3.48. The summed E-state index contributed by atoms with van der Waals surface area (Å²) in [6.45, 7) is 1.46. The first-order valence-electron chi connectivity index (χ1n) is 6.90. The Balaban J connectivity index is 1.98. The highest BCUT2D eigenvalue weighted by atomic mass is 79.9. The summed E-state index contributed by atoms with van der Waals surface area (Å²) in [6.07, 6.45) is 4.84. The van der Waals surface area contributed by atoms with E-state index < -0.39 is 0 Å². The van der Waals surface area contributed by atoms with E-state index in [4.69, 9.17) is 15.2 Å². The highest BCUT2D eigenvalue weighted by molar-refractivity contribution is 9.10. The highest BCUT2D eigenvalue weighted by Gasteiger charge is 2.47. The SMILES string of the molecule is COc1ccc(Br)c(C2(CN)CC2)c1OCC1CC1. The molecule has 104 valence electrons. The van der Waals surface area contributed by atoms with Gasteiger partial charge in [0.25, 0.3) is 0 Å². The van der Waals surface area contributed by atoms with Gasteiger partial charge >= 0.3 is 0 Å². The van der Waals surface area contributed by atoms with E-state index in [0.29, 0.717) is 6.54 Å². The summed E-state index contributed by atoms with van der Waals surface area (Å²) < 4.78 is 12.6. The molecule has 3 rings (SSSR count). The van der Waals surface area contributed by atoms with Crippen molar-refractivity contribution in [2.24, 2.45) is 11.7 Å². The van der Waals surface area contributed by atoms with E-state index in [-0.39, 0.29) is 5.41 Å². The van der Waals surface area contributed by atoms with Gasteiger partial charge in [0.2, 0.25) is 0 Å². The third-order valence-electron chi connectivity index (χ3n) is 4.23. The second-order valence-corrected chi connectivity index (χ2v) is 6.55. The van der Waals surface area contributed by atoms with Crippen LogP contribution in [0.3, 0.4) is 0 Å². The minimum absolute atomic E-state index is 0.0895. The highest BCUT2D eigenvalue weighted by Crippen LogP contribution is 2.55. The van der Waals surface area contributed by atoms with Gasteiger partial charge in [-0.05, 0) is 43.7 Å². The van der Waals surface area contributed by atoms with Crippen molar-refractivity contribution in [2.45, 2.75) is 31.1 Å². The number of nitrogens with two attached hydrogens (primary N) is 1.